The van der Waals surface area contributed by atoms with E-state index >= 15 is 0 Å². The van der Waals surface area contributed by atoms with Gasteiger partial charge in [-0.25, -0.2) is 13.8 Å². The molecule has 1 N–H and O–H groups in total. The minimum absolute atomic E-state index is 0.0388. The van der Waals surface area contributed by atoms with Gasteiger partial charge in [-0.15, -0.1) is 0 Å². The molecule has 0 spiro atoms. The third-order valence-electron chi connectivity index (χ3n) is 4.25. The van der Waals surface area contributed by atoms with Crippen LogP contribution in [0.15, 0.2) is 54.7 Å². The van der Waals surface area contributed by atoms with Gasteiger partial charge in [0.05, 0.1) is 0 Å². The van der Waals surface area contributed by atoms with Crippen molar-refractivity contribution in [2.24, 2.45) is 0 Å². The number of pyridine rings is 1. The van der Waals surface area contributed by atoms with Crippen molar-refractivity contribution in [1.82, 2.24) is 10.3 Å². The number of halogens is 3. The summed E-state index contributed by atoms with van der Waals surface area (Å²) in [5.41, 5.74) is 3.70. The van der Waals surface area contributed by atoms with Crippen LogP contribution < -0.4 is 5.32 Å². The minimum atomic E-state index is -0.673. The predicted octanol–water partition coefficient (Wildman–Crippen LogP) is 4.84. The van der Waals surface area contributed by atoms with Gasteiger partial charge in [-0.3, -0.25) is 4.79 Å². The maximum atomic E-state index is 13.3. The van der Waals surface area contributed by atoms with Gasteiger partial charge in [-0.05, 0) is 65.9 Å². The molecule has 0 aliphatic rings. The van der Waals surface area contributed by atoms with Gasteiger partial charge in [0.2, 0.25) is 0 Å². The SMILES string of the molecule is Cc1c(Cc2ccnc(Cl)c2)cccc1C(=O)NCc1cc(F)cc(F)c1. The van der Waals surface area contributed by atoms with Gasteiger partial charge in [-0.2, -0.15) is 0 Å². The molecular weight excluding hydrogens is 370 g/mol. The fraction of sp³-hybridized carbons (Fsp3) is 0.143. The van der Waals surface area contributed by atoms with E-state index in [0.29, 0.717) is 22.7 Å². The Hall–Kier alpha value is -2.79. The third-order valence-corrected chi connectivity index (χ3v) is 4.46. The molecule has 0 fully saturated rings. The zero-order valence-corrected chi connectivity index (χ0v) is 15.4. The van der Waals surface area contributed by atoms with Crippen LogP contribution in [0.3, 0.4) is 0 Å². The van der Waals surface area contributed by atoms with E-state index in [0.717, 1.165) is 22.8 Å². The van der Waals surface area contributed by atoms with Crippen molar-refractivity contribution in [2.75, 3.05) is 0 Å². The van der Waals surface area contributed by atoms with Gasteiger partial charge in [0.15, 0.2) is 0 Å². The van der Waals surface area contributed by atoms with E-state index < -0.39 is 11.6 Å². The molecule has 0 unspecified atom stereocenters. The highest BCUT2D eigenvalue weighted by Crippen LogP contribution is 2.19. The van der Waals surface area contributed by atoms with E-state index in [9.17, 15) is 13.6 Å². The fourth-order valence-corrected chi connectivity index (χ4v) is 3.08. The van der Waals surface area contributed by atoms with Gasteiger partial charge < -0.3 is 5.32 Å². The lowest BCUT2D eigenvalue weighted by Gasteiger charge is -2.12. The summed E-state index contributed by atoms with van der Waals surface area (Å²) < 4.78 is 26.5. The molecule has 0 aliphatic carbocycles. The van der Waals surface area contributed by atoms with Crippen molar-refractivity contribution >= 4 is 17.5 Å². The second kappa shape index (κ2) is 8.27. The molecular formula is C21H17ClF2N2O. The first kappa shape index (κ1) is 19.0. The molecule has 0 radical (unpaired) electrons. The number of carbonyl (C=O) groups is 1. The molecule has 138 valence electrons. The normalized spacial score (nSPS) is 10.7. The fourth-order valence-electron chi connectivity index (χ4n) is 2.88. The molecule has 3 rings (SSSR count). The van der Waals surface area contributed by atoms with Crippen molar-refractivity contribution in [1.29, 1.82) is 0 Å². The van der Waals surface area contributed by atoms with Crippen LogP contribution >= 0.6 is 11.6 Å². The number of aromatic nitrogens is 1. The lowest BCUT2D eigenvalue weighted by Crippen LogP contribution is -2.24. The summed E-state index contributed by atoms with van der Waals surface area (Å²) in [5.74, 6) is -1.64. The highest BCUT2D eigenvalue weighted by molar-refractivity contribution is 6.29. The quantitative estimate of drug-likeness (QED) is 0.637. The van der Waals surface area contributed by atoms with Crippen LogP contribution in [-0.2, 0) is 13.0 Å². The van der Waals surface area contributed by atoms with Crippen LogP contribution in [-0.4, -0.2) is 10.9 Å². The number of nitrogens with one attached hydrogen (secondary N) is 1. The van der Waals surface area contributed by atoms with Crippen molar-refractivity contribution < 1.29 is 13.6 Å². The summed E-state index contributed by atoms with van der Waals surface area (Å²) in [7, 11) is 0. The standard InChI is InChI=1S/C21H17ClF2N2O/c1-13-16(7-14-5-6-25-20(22)10-14)3-2-4-19(13)21(27)26-12-15-8-17(23)11-18(24)9-15/h2-6,8-11H,7,12H2,1H3,(H,26,27). The number of rotatable bonds is 5. The molecule has 0 atom stereocenters. The molecule has 3 nitrogen and oxygen atoms in total. The lowest BCUT2D eigenvalue weighted by molar-refractivity contribution is 0.0950. The summed E-state index contributed by atoms with van der Waals surface area (Å²) in [5, 5.41) is 3.13. The first-order valence-corrected chi connectivity index (χ1v) is 8.72. The monoisotopic (exact) mass is 386 g/mol. The van der Waals surface area contributed by atoms with Gasteiger partial charge in [0.1, 0.15) is 16.8 Å². The highest BCUT2D eigenvalue weighted by atomic mass is 35.5. The molecule has 27 heavy (non-hydrogen) atoms. The predicted molar refractivity (Wildman–Crippen MR) is 101 cm³/mol. The van der Waals surface area contributed by atoms with Crippen molar-refractivity contribution in [3.05, 3.63) is 99.3 Å². The van der Waals surface area contributed by atoms with Crippen LogP contribution in [0.1, 0.15) is 32.6 Å². The van der Waals surface area contributed by atoms with Crippen molar-refractivity contribution in [3.63, 3.8) is 0 Å². The van der Waals surface area contributed by atoms with E-state index in [1.165, 1.54) is 12.1 Å². The molecule has 3 aromatic rings. The second-order valence-corrected chi connectivity index (χ2v) is 6.60. The zero-order chi connectivity index (χ0) is 19.4. The van der Waals surface area contributed by atoms with Crippen molar-refractivity contribution in [3.8, 4) is 0 Å². The van der Waals surface area contributed by atoms with Gasteiger partial charge in [-0.1, -0.05) is 23.7 Å². The Balaban J connectivity index is 1.75. The Kier molecular flexibility index (Phi) is 5.81. The number of hydrogen-bond acceptors (Lipinski definition) is 2. The lowest BCUT2D eigenvalue weighted by atomic mass is 9.96. The summed E-state index contributed by atoms with van der Waals surface area (Å²) in [6.45, 7) is 1.91. The van der Waals surface area contributed by atoms with Crippen molar-refractivity contribution in [2.45, 2.75) is 19.9 Å². The Morgan fingerprint density at radius 2 is 1.81 bits per heavy atom. The van der Waals surface area contributed by atoms with E-state index in [4.69, 9.17) is 11.6 Å². The first-order chi connectivity index (χ1) is 12.9. The first-order valence-electron chi connectivity index (χ1n) is 8.34. The largest absolute Gasteiger partial charge is 0.348 e. The smallest absolute Gasteiger partial charge is 0.251 e. The summed E-state index contributed by atoms with van der Waals surface area (Å²) in [6, 6.07) is 12.3. The number of carbonyl (C=O) groups excluding carboxylic acids is 1. The molecule has 1 aromatic heterocycles. The molecule has 2 aromatic carbocycles. The minimum Gasteiger partial charge on any atom is -0.348 e. The number of benzene rings is 2. The second-order valence-electron chi connectivity index (χ2n) is 6.21. The average Bonchev–Trinajstić information content (AvgIpc) is 2.61. The van der Waals surface area contributed by atoms with Gasteiger partial charge in [0, 0.05) is 24.4 Å². The van der Waals surface area contributed by atoms with Crippen LogP contribution in [0, 0.1) is 18.6 Å². The number of amides is 1. The Bertz CT molecular complexity index is 971. The third kappa shape index (κ3) is 4.89. The van der Waals surface area contributed by atoms with Crippen LogP contribution in [0.25, 0.3) is 0 Å². The van der Waals surface area contributed by atoms with E-state index in [1.807, 2.05) is 25.1 Å². The maximum absolute atomic E-state index is 13.3. The number of hydrogen-bond donors (Lipinski definition) is 1. The molecule has 0 aliphatic heterocycles. The van der Waals surface area contributed by atoms with Crippen LogP contribution in [0.4, 0.5) is 8.78 Å². The Morgan fingerprint density at radius 1 is 1.07 bits per heavy atom. The molecule has 1 amide bonds. The molecule has 1 heterocycles. The number of nitrogens with zero attached hydrogens (tertiary/aromatic N) is 1. The summed E-state index contributed by atoms with van der Waals surface area (Å²) >= 11 is 5.93. The van der Waals surface area contributed by atoms with E-state index in [-0.39, 0.29) is 12.5 Å². The van der Waals surface area contributed by atoms with Crippen LogP contribution in [0.2, 0.25) is 5.15 Å². The highest BCUT2D eigenvalue weighted by Gasteiger charge is 2.12. The topological polar surface area (TPSA) is 42.0 Å². The Labute approximate surface area is 161 Å². The maximum Gasteiger partial charge on any atom is 0.251 e. The van der Waals surface area contributed by atoms with Gasteiger partial charge >= 0.3 is 0 Å². The summed E-state index contributed by atoms with van der Waals surface area (Å²) in [4.78, 5) is 16.5. The molecule has 6 heteroatoms. The molecule has 0 saturated carbocycles. The average molecular weight is 387 g/mol. The molecule has 0 bridgehead atoms. The van der Waals surface area contributed by atoms with Crippen LogP contribution in [0.5, 0.6) is 0 Å². The Morgan fingerprint density at radius 3 is 2.52 bits per heavy atom. The zero-order valence-electron chi connectivity index (χ0n) is 14.6. The summed E-state index contributed by atoms with van der Waals surface area (Å²) in [6.07, 6.45) is 2.26. The van der Waals surface area contributed by atoms with E-state index in [2.05, 4.69) is 10.3 Å². The molecule has 0 saturated heterocycles. The van der Waals surface area contributed by atoms with Gasteiger partial charge in [0.25, 0.3) is 5.91 Å². The van der Waals surface area contributed by atoms with E-state index in [1.54, 1.807) is 18.3 Å².